The van der Waals surface area contributed by atoms with Crippen LogP contribution in [0.15, 0.2) is 30.3 Å². The van der Waals surface area contributed by atoms with Crippen molar-refractivity contribution in [3.05, 3.63) is 41.7 Å². The number of nitriles is 1. The van der Waals surface area contributed by atoms with Gasteiger partial charge in [0.05, 0.1) is 17.7 Å². The van der Waals surface area contributed by atoms with Gasteiger partial charge in [0, 0.05) is 44.4 Å². The molecular formula is C19H18F3N5O2. The van der Waals surface area contributed by atoms with Gasteiger partial charge in [-0.25, -0.2) is 9.97 Å². The summed E-state index contributed by atoms with van der Waals surface area (Å²) in [5, 5.41) is 18.0. The number of aromatic nitrogens is 2. The lowest BCUT2D eigenvalue weighted by Gasteiger charge is -2.35. The van der Waals surface area contributed by atoms with Crippen LogP contribution in [0.25, 0.3) is 11.3 Å². The number of carboxylic acids is 1. The molecule has 0 radical (unpaired) electrons. The first-order chi connectivity index (χ1) is 13.8. The predicted molar refractivity (Wildman–Crippen MR) is 98.1 cm³/mol. The number of aliphatic carboxylic acids is 1. The van der Waals surface area contributed by atoms with Gasteiger partial charge in [0.1, 0.15) is 11.9 Å². The van der Waals surface area contributed by atoms with Crippen LogP contribution in [0.2, 0.25) is 0 Å². The Hall–Kier alpha value is -3.19. The minimum Gasteiger partial charge on any atom is -0.481 e. The Morgan fingerprint density at radius 2 is 1.90 bits per heavy atom. The van der Waals surface area contributed by atoms with Crippen molar-refractivity contribution >= 4 is 11.8 Å². The fourth-order valence-electron chi connectivity index (χ4n) is 3.10. The fourth-order valence-corrected chi connectivity index (χ4v) is 3.10. The Morgan fingerprint density at radius 3 is 2.52 bits per heavy atom. The minimum absolute atomic E-state index is 0.0613. The van der Waals surface area contributed by atoms with Gasteiger partial charge in [-0.2, -0.15) is 18.4 Å². The number of benzene rings is 1. The van der Waals surface area contributed by atoms with Crippen LogP contribution in [0.4, 0.5) is 19.0 Å². The average molecular weight is 405 g/mol. The molecule has 0 aliphatic carbocycles. The van der Waals surface area contributed by atoms with Gasteiger partial charge in [0.2, 0.25) is 5.82 Å². The van der Waals surface area contributed by atoms with E-state index in [1.165, 1.54) is 12.1 Å². The first-order valence-electron chi connectivity index (χ1n) is 8.92. The summed E-state index contributed by atoms with van der Waals surface area (Å²) in [7, 11) is 0. The van der Waals surface area contributed by atoms with Crippen molar-refractivity contribution in [1.29, 1.82) is 5.26 Å². The number of halogens is 3. The molecule has 10 heteroatoms. The second-order valence-corrected chi connectivity index (χ2v) is 6.60. The van der Waals surface area contributed by atoms with E-state index in [0.29, 0.717) is 38.5 Å². The minimum atomic E-state index is -4.48. The zero-order valence-electron chi connectivity index (χ0n) is 15.4. The maximum Gasteiger partial charge on any atom is 0.416 e. The van der Waals surface area contributed by atoms with E-state index in [-0.39, 0.29) is 23.5 Å². The van der Waals surface area contributed by atoms with E-state index < -0.39 is 17.7 Å². The number of alkyl halides is 3. The summed E-state index contributed by atoms with van der Waals surface area (Å²) in [5.74, 6) is -0.516. The Bertz CT molecular complexity index is 934. The molecule has 0 bridgehead atoms. The number of hydrogen-bond donors (Lipinski definition) is 1. The monoisotopic (exact) mass is 405 g/mol. The molecule has 29 heavy (non-hydrogen) atoms. The van der Waals surface area contributed by atoms with Crippen LogP contribution in [-0.2, 0) is 11.0 Å². The molecule has 7 nitrogen and oxygen atoms in total. The summed E-state index contributed by atoms with van der Waals surface area (Å²) in [4.78, 5) is 22.9. The Balaban J connectivity index is 1.82. The third kappa shape index (κ3) is 5.20. The van der Waals surface area contributed by atoms with E-state index >= 15 is 0 Å². The van der Waals surface area contributed by atoms with Crippen LogP contribution in [0.1, 0.15) is 17.8 Å². The molecule has 0 amide bonds. The SMILES string of the molecule is N#Cc1nc(-c2cccc(C(F)(F)F)c2)cc(N2CCN(CCC(=O)O)CC2)n1. The van der Waals surface area contributed by atoms with Crippen LogP contribution in [0, 0.1) is 11.3 Å². The van der Waals surface area contributed by atoms with Crippen molar-refractivity contribution in [2.75, 3.05) is 37.6 Å². The summed E-state index contributed by atoms with van der Waals surface area (Å²) in [6, 6.07) is 8.21. The van der Waals surface area contributed by atoms with E-state index in [4.69, 9.17) is 5.11 Å². The van der Waals surface area contributed by atoms with Crippen LogP contribution < -0.4 is 4.90 Å². The second kappa shape index (κ2) is 8.45. The van der Waals surface area contributed by atoms with Gasteiger partial charge < -0.3 is 10.0 Å². The lowest BCUT2D eigenvalue weighted by molar-refractivity contribution is -0.138. The molecule has 0 saturated carbocycles. The first-order valence-corrected chi connectivity index (χ1v) is 8.92. The number of nitrogens with zero attached hydrogens (tertiary/aromatic N) is 5. The zero-order valence-corrected chi connectivity index (χ0v) is 15.4. The van der Waals surface area contributed by atoms with Gasteiger partial charge in [-0.3, -0.25) is 9.69 Å². The quantitative estimate of drug-likeness (QED) is 0.817. The summed E-state index contributed by atoms with van der Waals surface area (Å²) in [6.07, 6.45) is -4.41. The highest BCUT2D eigenvalue weighted by Crippen LogP contribution is 2.32. The van der Waals surface area contributed by atoms with Crippen LogP contribution >= 0.6 is 0 Å². The Kier molecular flexibility index (Phi) is 5.98. The van der Waals surface area contributed by atoms with Gasteiger partial charge in [-0.1, -0.05) is 12.1 Å². The summed E-state index contributed by atoms with van der Waals surface area (Å²) in [5.41, 5.74) is -0.299. The number of piperazine rings is 1. The van der Waals surface area contributed by atoms with Crippen molar-refractivity contribution in [3.8, 4) is 17.3 Å². The summed E-state index contributed by atoms with van der Waals surface area (Å²) >= 11 is 0. The van der Waals surface area contributed by atoms with Gasteiger partial charge in [0.15, 0.2) is 0 Å². The molecule has 0 spiro atoms. The molecule has 2 aromatic rings. The largest absolute Gasteiger partial charge is 0.481 e. The van der Waals surface area contributed by atoms with E-state index in [9.17, 15) is 23.2 Å². The highest BCUT2D eigenvalue weighted by atomic mass is 19.4. The molecule has 1 aromatic heterocycles. The molecule has 152 valence electrons. The molecule has 3 rings (SSSR count). The molecule has 1 aromatic carbocycles. The van der Waals surface area contributed by atoms with Crippen molar-refractivity contribution in [1.82, 2.24) is 14.9 Å². The maximum absolute atomic E-state index is 13.0. The van der Waals surface area contributed by atoms with E-state index in [0.717, 1.165) is 12.1 Å². The highest BCUT2D eigenvalue weighted by molar-refractivity contribution is 5.67. The standard InChI is InChI=1S/C19H18F3N5O2/c20-19(21,22)14-3-1-2-13(10-14)15-11-17(25-16(12-23)24-15)27-8-6-26(7-9-27)5-4-18(28)29/h1-3,10-11H,4-9H2,(H,28,29). The molecular weight excluding hydrogens is 387 g/mol. The molecule has 1 saturated heterocycles. The number of carbonyl (C=O) groups is 1. The number of rotatable bonds is 5. The third-order valence-corrected chi connectivity index (χ3v) is 4.64. The molecule has 0 atom stereocenters. The van der Waals surface area contributed by atoms with Crippen molar-refractivity contribution in [2.45, 2.75) is 12.6 Å². The second-order valence-electron chi connectivity index (χ2n) is 6.60. The molecule has 0 unspecified atom stereocenters. The Morgan fingerprint density at radius 1 is 1.17 bits per heavy atom. The number of anilines is 1. The van der Waals surface area contributed by atoms with Gasteiger partial charge in [0.25, 0.3) is 0 Å². The van der Waals surface area contributed by atoms with E-state index in [1.54, 1.807) is 6.07 Å². The molecule has 1 fully saturated rings. The topological polar surface area (TPSA) is 93.4 Å². The molecule has 2 heterocycles. The van der Waals surface area contributed by atoms with Gasteiger partial charge in [-0.05, 0) is 12.1 Å². The summed E-state index contributed by atoms with van der Waals surface area (Å²) in [6.45, 7) is 2.81. The zero-order chi connectivity index (χ0) is 21.0. The normalized spacial score (nSPS) is 15.2. The van der Waals surface area contributed by atoms with Gasteiger partial charge >= 0.3 is 12.1 Å². The summed E-state index contributed by atoms with van der Waals surface area (Å²) < 4.78 is 39.0. The number of carboxylic acid groups (broad SMARTS) is 1. The van der Waals surface area contributed by atoms with Crippen molar-refractivity contribution < 1.29 is 23.1 Å². The van der Waals surface area contributed by atoms with Crippen LogP contribution in [-0.4, -0.2) is 58.7 Å². The maximum atomic E-state index is 13.0. The smallest absolute Gasteiger partial charge is 0.416 e. The van der Waals surface area contributed by atoms with Gasteiger partial charge in [-0.15, -0.1) is 0 Å². The average Bonchev–Trinajstić information content (AvgIpc) is 2.71. The predicted octanol–water partition coefficient (Wildman–Crippen LogP) is 2.63. The van der Waals surface area contributed by atoms with Crippen LogP contribution in [0.3, 0.4) is 0 Å². The number of hydrogen-bond acceptors (Lipinski definition) is 6. The highest BCUT2D eigenvalue weighted by Gasteiger charge is 2.30. The fraction of sp³-hybridized carbons (Fsp3) is 0.368. The third-order valence-electron chi connectivity index (χ3n) is 4.64. The first kappa shape index (κ1) is 20.5. The van der Waals surface area contributed by atoms with E-state index in [1.807, 2.05) is 15.9 Å². The molecule has 1 aliphatic heterocycles. The Labute approximate surface area is 165 Å². The molecule has 1 aliphatic rings. The van der Waals surface area contributed by atoms with E-state index in [2.05, 4.69) is 9.97 Å². The van der Waals surface area contributed by atoms with Crippen molar-refractivity contribution in [3.63, 3.8) is 0 Å². The lowest BCUT2D eigenvalue weighted by atomic mass is 10.1. The van der Waals surface area contributed by atoms with Crippen LogP contribution in [0.5, 0.6) is 0 Å². The molecule has 1 N–H and O–H groups in total. The van der Waals surface area contributed by atoms with Crippen molar-refractivity contribution in [2.24, 2.45) is 0 Å². The lowest BCUT2D eigenvalue weighted by Crippen LogP contribution is -2.47.